The van der Waals surface area contributed by atoms with Crippen molar-refractivity contribution in [3.05, 3.63) is 29.0 Å². The number of rotatable bonds is 3. The van der Waals surface area contributed by atoms with Crippen LogP contribution in [0.15, 0.2) is 17.8 Å². The third-order valence-corrected chi connectivity index (χ3v) is 3.61. The molecule has 7 heteroatoms. The largest absolute Gasteiger partial charge is 0.301 e. The summed E-state index contributed by atoms with van der Waals surface area (Å²) < 4.78 is 0. The Bertz CT molecular complexity index is 535. The molecule has 2 aromatic rings. The van der Waals surface area contributed by atoms with E-state index in [1.54, 1.807) is 6.20 Å². The van der Waals surface area contributed by atoms with Crippen LogP contribution in [0.1, 0.15) is 11.3 Å². The molecule has 0 fully saturated rings. The van der Waals surface area contributed by atoms with E-state index in [2.05, 4.69) is 25.4 Å². The molecule has 1 amide bonds. The average Bonchev–Trinajstić information content (AvgIpc) is 2.98. The quantitative estimate of drug-likeness (QED) is 0.861. The molecule has 1 aliphatic heterocycles. The van der Waals surface area contributed by atoms with E-state index >= 15 is 0 Å². The number of hydrogen-bond acceptors (Lipinski definition) is 5. The van der Waals surface area contributed by atoms with Gasteiger partial charge in [0.2, 0.25) is 5.91 Å². The lowest BCUT2D eigenvalue weighted by atomic mass is 10.1. The van der Waals surface area contributed by atoms with Crippen molar-refractivity contribution in [3.63, 3.8) is 0 Å². The van der Waals surface area contributed by atoms with Crippen molar-refractivity contribution in [3.8, 4) is 0 Å². The molecule has 0 saturated carbocycles. The summed E-state index contributed by atoms with van der Waals surface area (Å²) in [6.45, 7) is 2.04. The van der Waals surface area contributed by atoms with Gasteiger partial charge >= 0.3 is 0 Å². The predicted octanol–water partition coefficient (Wildman–Crippen LogP) is 0.863. The minimum absolute atomic E-state index is 0.0168. The Morgan fingerprint density at radius 2 is 2.56 bits per heavy atom. The smallest absolute Gasteiger partial charge is 0.240 e. The number of amides is 1. The normalized spacial score (nSPS) is 15.3. The molecule has 0 unspecified atom stereocenters. The summed E-state index contributed by atoms with van der Waals surface area (Å²) in [5.74, 6) is -0.0168. The number of carbonyl (C=O) groups excluding carboxylic acids is 1. The van der Waals surface area contributed by atoms with E-state index in [-0.39, 0.29) is 5.91 Å². The van der Waals surface area contributed by atoms with Crippen molar-refractivity contribution < 1.29 is 4.79 Å². The summed E-state index contributed by atoms with van der Waals surface area (Å²) in [5, 5.41) is 12.3. The Balaban J connectivity index is 1.56. The molecule has 0 bridgehead atoms. The highest BCUT2D eigenvalue weighted by molar-refractivity contribution is 7.13. The number of aromatic amines is 1. The molecule has 0 spiro atoms. The standard InChI is InChI=1S/C11H13N5OS/c17-10(14-11-12-2-4-18-11)7-16-3-1-9-8(6-16)5-13-15-9/h2,4-5H,1,3,6-7H2,(H,13,15)(H,12,14,17). The van der Waals surface area contributed by atoms with E-state index in [0.717, 1.165) is 19.5 Å². The first-order valence-corrected chi connectivity index (χ1v) is 6.62. The van der Waals surface area contributed by atoms with E-state index < -0.39 is 0 Å². The van der Waals surface area contributed by atoms with Crippen LogP contribution in [0.2, 0.25) is 0 Å². The van der Waals surface area contributed by atoms with Gasteiger partial charge in [0.1, 0.15) is 0 Å². The van der Waals surface area contributed by atoms with Gasteiger partial charge in [0.25, 0.3) is 0 Å². The summed E-state index contributed by atoms with van der Waals surface area (Å²) in [6, 6.07) is 0. The number of carbonyl (C=O) groups is 1. The maximum absolute atomic E-state index is 11.8. The molecular weight excluding hydrogens is 250 g/mol. The fourth-order valence-electron chi connectivity index (χ4n) is 2.06. The molecular formula is C11H13N5OS. The van der Waals surface area contributed by atoms with Gasteiger partial charge in [0.15, 0.2) is 5.13 Å². The number of anilines is 1. The topological polar surface area (TPSA) is 73.9 Å². The molecule has 18 heavy (non-hydrogen) atoms. The van der Waals surface area contributed by atoms with Gasteiger partial charge in [-0.1, -0.05) is 0 Å². The molecule has 2 N–H and O–H groups in total. The minimum Gasteiger partial charge on any atom is -0.301 e. The maximum atomic E-state index is 11.8. The highest BCUT2D eigenvalue weighted by Crippen LogP contribution is 2.16. The Kier molecular flexibility index (Phi) is 3.07. The second-order valence-electron chi connectivity index (χ2n) is 4.22. The molecule has 6 nitrogen and oxygen atoms in total. The van der Waals surface area contributed by atoms with E-state index in [1.807, 2.05) is 11.6 Å². The van der Waals surface area contributed by atoms with Crippen molar-refractivity contribution in [1.82, 2.24) is 20.1 Å². The van der Waals surface area contributed by atoms with Gasteiger partial charge in [0.05, 0.1) is 12.7 Å². The Morgan fingerprint density at radius 1 is 1.61 bits per heavy atom. The molecule has 0 aliphatic carbocycles. The average molecular weight is 263 g/mol. The molecule has 0 atom stereocenters. The summed E-state index contributed by atoms with van der Waals surface area (Å²) in [4.78, 5) is 18.0. The van der Waals surface area contributed by atoms with Crippen molar-refractivity contribution in [1.29, 1.82) is 0 Å². The van der Waals surface area contributed by atoms with Crippen LogP contribution in [-0.2, 0) is 17.8 Å². The zero-order chi connectivity index (χ0) is 12.4. The monoisotopic (exact) mass is 263 g/mol. The highest BCUT2D eigenvalue weighted by Gasteiger charge is 2.19. The number of aromatic nitrogens is 3. The van der Waals surface area contributed by atoms with Crippen molar-refractivity contribution in [2.24, 2.45) is 0 Å². The van der Waals surface area contributed by atoms with Crippen molar-refractivity contribution in [2.45, 2.75) is 13.0 Å². The molecule has 0 saturated heterocycles. The summed E-state index contributed by atoms with van der Waals surface area (Å²) in [7, 11) is 0. The lowest BCUT2D eigenvalue weighted by molar-refractivity contribution is -0.117. The molecule has 94 valence electrons. The van der Waals surface area contributed by atoms with Gasteiger partial charge in [-0.3, -0.25) is 14.8 Å². The second-order valence-corrected chi connectivity index (χ2v) is 5.11. The van der Waals surface area contributed by atoms with Gasteiger partial charge < -0.3 is 5.32 Å². The van der Waals surface area contributed by atoms with Crippen LogP contribution in [0.4, 0.5) is 5.13 Å². The molecule has 3 rings (SSSR count). The first-order valence-electron chi connectivity index (χ1n) is 5.74. The number of H-pyrrole nitrogens is 1. The maximum Gasteiger partial charge on any atom is 0.240 e. The summed E-state index contributed by atoms with van der Waals surface area (Å²) in [5.41, 5.74) is 2.37. The SMILES string of the molecule is O=C(CN1CCc2[nH]ncc2C1)Nc1nccs1. The summed E-state index contributed by atoms with van der Waals surface area (Å²) in [6.07, 6.45) is 4.43. The van der Waals surface area contributed by atoms with E-state index in [4.69, 9.17) is 0 Å². The minimum atomic E-state index is -0.0168. The van der Waals surface area contributed by atoms with Crippen LogP contribution >= 0.6 is 11.3 Å². The van der Waals surface area contributed by atoms with Crippen LogP contribution in [0.25, 0.3) is 0 Å². The van der Waals surface area contributed by atoms with E-state index in [1.165, 1.54) is 22.6 Å². The third kappa shape index (κ3) is 2.41. The van der Waals surface area contributed by atoms with Gasteiger partial charge in [-0.15, -0.1) is 11.3 Å². The highest BCUT2D eigenvalue weighted by atomic mass is 32.1. The Hall–Kier alpha value is -1.73. The number of nitrogens with one attached hydrogen (secondary N) is 2. The number of thiazole rings is 1. The first kappa shape index (κ1) is 11.4. The Morgan fingerprint density at radius 3 is 3.39 bits per heavy atom. The number of fused-ring (bicyclic) bond motifs is 1. The molecule has 2 aromatic heterocycles. The molecule has 3 heterocycles. The van der Waals surface area contributed by atoms with Crippen LogP contribution in [0, 0.1) is 0 Å². The molecule has 0 aromatic carbocycles. The van der Waals surface area contributed by atoms with E-state index in [9.17, 15) is 4.79 Å². The molecule has 0 radical (unpaired) electrons. The first-order chi connectivity index (χ1) is 8.81. The van der Waals surface area contributed by atoms with Crippen LogP contribution in [-0.4, -0.2) is 39.1 Å². The predicted molar refractivity (Wildman–Crippen MR) is 68.3 cm³/mol. The van der Waals surface area contributed by atoms with E-state index in [0.29, 0.717) is 11.7 Å². The van der Waals surface area contributed by atoms with Crippen molar-refractivity contribution in [2.75, 3.05) is 18.4 Å². The zero-order valence-corrected chi connectivity index (χ0v) is 10.5. The van der Waals surface area contributed by atoms with Crippen LogP contribution in [0.5, 0.6) is 0 Å². The fourth-order valence-corrected chi connectivity index (χ4v) is 2.61. The lowest BCUT2D eigenvalue weighted by Gasteiger charge is -2.25. The van der Waals surface area contributed by atoms with Crippen LogP contribution in [0.3, 0.4) is 0 Å². The second kappa shape index (κ2) is 4.87. The zero-order valence-electron chi connectivity index (χ0n) is 9.72. The molecule has 1 aliphatic rings. The number of hydrogen-bond donors (Lipinski definition) is 2. The third-order valence-electron chi connectivity index (χ3n) is 2.93. The fraction of sp³-hybridized carbons (Fsp3) is 0.364. The van der Waals surface area contributed by atoms with Crippen molar-refractivity contribution >= 4 is 22.4 Å². The van der Waals surface area contributed by atoms with Gasteiger partial charge in [-0.05, 0) is 0 Å². The lowest BCUT2D eigenvalue weighted by Crippen LogP contribution is -2.36. The van der Waals surface area contributed by atoms with Gasteiger partial charge in [0, 0.05) is 42.3 Å². The van der Waals surface area contributed by atoms with Gasteiger partial charge in [-0.2, -0.15) is 5.10 Å². The number of nitrogens with zero attached hydrogens (tertiary/aromatic N) is 3. The van der Waals surface area contributed by atoms with Gasteiger partial charge in [-0.25, -0.2) is 4.98 Å². The van der Waals surface area contributed by atoms with Crippen LogP contribution < -0.4 is 5.32 Å². The Labute approximate surface area is 108 Å². The summed E-state index contributed by atoms with van der Waals surface area (Å²) >= 11 is 1.43.